The Morgan fingerprint density at radius 1 is 0.556 bits per heavy atom. The largest absolute Gasteiger partial charge is 0.0571 e. The van der Waals surface area contributed by atoms with Crippen LogP contribution in [0.4, 0.5) is 0 Å². The van der Waals surface area contributed by atoms with Gasteiger partial charge in [-0.15, -0.1) is 0 Å². The van der Waals surface area contributed by atoms with Gasteiger partial charge in [0.25, 0.3) is 0 Å². The first kappa shape index (κ1) is 23.3. The van der Waals surface area contributed by atoms with Crippen molar-refractivity contribution in [1.82, 2.24) is 0 Å². The van der Waals surface area contributed by atoms with Crippen LogP contribution in [0, 0.1) is 48.3 Å². The highest BCUT2D eigenvalue weighted by Crippen LogP contribution is 2.79. The van der Waals surface area contributed by atoms with E-state index in [9.17, 15) is 0 Å². The molecule has 2 aromatic carbocycles. The molecule has 0 N–H and O–H groups in total. The Labute approximate surface area is 234 Å². The van der Waals surface area contributed by atoms with Crippen LogP contribution in [0.25, 0.3) is 0 Å². The van der Waals surface area contributed by atoms with Gasteiger partial charge < -0.3 is 0 Å². The van der Waals surface area contributed by atoms with Crippen molar-refractivity contribution in [2.75, 3.05) is 0 Å². The van der Waals surface area contributed by atoms with Crippen molar-refractivity contribution >= 4 is 31.9 Å². The van der Waals surface area contributed by atoms with Gasteiger partial charge in [0.15, 0.2) is 0 Å². The van der Waals surface area contributed by atoms with Crippen molar-refractivity contribution in [2.45, 2.75) is 102 Å². The molecular formula is C34H40Br2. The minimum absolute atomic E-state index is 0.443. The van der Waals surface area contributed by atoms with Crippen LogP contribution in [0.5, 0.6) is 0 Å². The molecule has 2 aromatic rings. The molecule has 8 bridgehead atoms. The third-order valence-electron chi connectivity index (χ3n) is 12.8. The van der Waals surface area contributed by atoms with Gasteiger partial charge in [0.05, 0.1) is 0 Å². The predicted octanol–water partition coefficient (Wildman–Crippen LogP) is 10.2. The van der Waals surface area contributed by atoms with Crippen molar-refractivity contribution in [3.63, 3.8) is 0 Å². The lowest BCUT2D eigenvalue weighted by atomic mass is 9.30. The lowest BCUT2D eigenvalue weighted by molar-refractivity contribution is -0.212. The second-order valence-corrected chi connectivity index (χ2v) is 16.8. The molecule has 36 heavy (non-hydrogen) atoms. The Kier molecular flexibility index (Phi) is 4.87. The second kappa shape index (κ2) is 7.53. The summed E-state index contributed by atoms with van der Waals surface area (Å²) in [6.45, 7) is 4.78. The molecule has 0 aliphatic heterocycles. The fourth-order valence-corrected chi connectivity index (χ4v) is 13.8. The summed E-state index contributed by atoms with van der Waals surface area (Å²) in [7, 11) is 0. The molecule has 10 rings (SSSR count). The van der Waals surface area contributed by atoms with Crippen LogP contribution in [0.2, 0.25) is 0 Å². The van der Waals surface area contributed by atoms with E-state index in [1.807, 2.05) is 0 Å². The first-order valence-corrected chi connectivity index (χ1v) is 16.3. The fourth-order valence-electron chi connectivity index (χ4n) is 12.8. The van der Waals surface area contributed by atoms with Gasteiger partial charge >= 0.3 is 0 Å². The molecule has 0 spiro atoms. The van der Waals surface area contributed by atoms with Crippen molar-refractivity contribution in [3.8, 4) is 0 Å². The van der Waals surface area contributed by atoms with E-state index in [2.05, 4.69) is 82.1 Å². The van der Waals surface area contributed by atoms with Gasteiger partial charge in [-0.1, -0.05) is 44.0 Å². The van der Waals surface area contributed by atoms with Crippen LogP contribution in [0.3, 0.4) is 0 Å². The molecule has 8 saturated carbocycles. The van der Waals surface area contributed by atoms with Crippen LogP contribution < -0.4 is 0 Å². The van der Waals surface area contributed by atoms with E-state index < -0.39 is 0 Å². The number of hydrogen-bond donors (Lipinski definition) is 0. The maximum Gasteiger partial charge on any atom is 0.0178 e. The van der Waals surface area contributed by atoms with Crippen LogP contribution in [-0.4, -0.2) is 0 Å². The smallest absolute Gasteiger partial charge is 0.0178 e. The highest BCUT2D eigenvalue weighted by atomic mass is 79.9. The molecule has 190 valence electrons. The van der Waals surface area contributed by atoms with Gasteiger partial charge in [0, 0.05) is 8.95 Å². The van der Waals surface area contributed by atoms with Crippen molar-refractivity contribution in [3.05, 3.63) is 67.6 Å². The summed E-state index contributed by atoms with van der Waals surface area (Å²) in [6.07, 6.45) is 18.1. The summed E-state index contributed by atoms with van der Waals surface area (Å²) in [5.74, 6) is 3.86. The number of halogens is 2. The van der Waals surface area contributed by atoms with Gasteiger partial charge in [-0.3, -0.25) is 0 Å². The Balaban J connectivity index is 1.25. The van der Waals surface area contributed by atoms with E-state index in [1.165, 1.54) is 71.4 Å². The van der Waals surface area contributed by atoms with Gasteiger partial charge in [-0.25, -0.2) is 0 Å². The summed E-state index contributed by atoms with van der Waals surface area (Å²) in [4.78, 5) is 0. The maximum atomic E-state index is 3.76. The summed E-state index contributed by atoms with van der Waals surface area (Å²) in [5.41, 5.74) is 8.56. The summed E-state index contributed by atoms with van der Waals surface area (Å²) in [5, 5.41) is 0. The molecule has 0 radical (unpaired) electrons. The molecule has 0 aromatic heterocycles. The number of hydrogen-bond acceptors (Lipinski definition) is 0. The molecule has 0 amide bonds. The van der Waals surface area contributed by atoms with Crippen LogP contribution >= 0.6 is 31.9 Å². The Bertz CT molecular complexity index is 1130. The molecule has 8 aliphatic carbocycles. The van der Waals surface area contributed by atoms with E-state index in [0.717, 1.165) is 23.7 Å². The van der Waals surface area contributed by atoms with Crippen molar-refractivity contribution in [1.29, 1.82) is 0 Å². The van der Waals surface area contributed by atoms with Crippen LogP contribution in [0.1, 0.15) is 99.3 Å². The summed E-state index contributed by atoms with van der Waals surface area (Å²) < 4.78 is 2.49. The van der Waals surface area contributed by atoms with Crippen molar-refractivity contribution < 1.29 is 0 Å². The van der Waals surface area contributed by atoms with Crippen molar-refractivity contribution in [2.24, 2.45) is 34.5 Å². The monoisotopic (exact) mass is 606 g/mol. The zero-order valence-electron chi connectivity index (χ0n) is 22.0. The lowest BCUT2D eigenvalue weighted by Gasteiger charge is -2.74. The minimum Gasteiger partial charge on any atom is -0.0571 e. The van der Waals surface area contributed by atoms with E-state index in [-0.39, 0.29) is 0 Å². The fraction of sp³-hybridized carbons (Fsp3) is 0.647. The van der Waals surface area contributed by atoms with Crippen LogP contribution in [-0.2, 0) is 10.8 Å². The molecule has 0 saturated heterocycles. The lowest BCUT2D eigenvalue weighted by Crippen LogP contribution is -2.66. The number of rotatable bonds is 3. The molecular weight excluding hydrogens is 568 g/mol. The average molecular weight is 609 g/mol. The number of benzene rings is 2. The highest BCUT2D eigenvalue weighted by molar-refractivity contribution is 9.10. The quantitative estimate of drug-likeness (QED) is 0.325. The van der Waals surface area contributed by atoms with Gasteiger partial charge in [0.1, 0.15) is 0 Å². The highest BCUT2D eigenvalue weighted by Gasteiger charge is 2.70. The Morgan fingerprint density at radius 2 is 0.917 bits per heavy atom. The molecule has 0 heterocycles. The van der Waals surface area contributed by atoms with Crippen LogP contribution in [0.15, 0.2) is 45.3 Å². The van der Waals surface area contributed by atoms with E-state index in [4.69, 9.17) is 0 Å². The molecule has 4 unspecified atom stereocenters. The Hall–Kier alpha value is -0.600. The number of aryl methyl sites for hydroxylation is 2. The maximum absolute atomic E-state index is 3.76. The zero-order chi connectivity index (χ0) is 24.5. The normalized spacial score (nSPS) is 46.0. The SMILES string of the molecule is Cc1cc(Br)ccc1C12CC3CC(C1)CC(C14CC5CC(CC(c6ccc(Br)cc6C)(C5)C1)C4)(C3)C2. The molecule has 2 heteroatoms. The standard InChI is InChI=1S/C34H40Br2/c1-21-7-27(35)3-5-29(21)31-11-23-9-24(12-31)16-33(15-23,19-31)34-17-25-10-26(18-34)14-32(13-25,20-34)30-6-4-28(36)8-22(30)2/h3-8,23-26H,9-20H2,1-2H3. The summed E-state index contributed by atoms with van der Waals surface area (Å²) >= 11 is 7.52. The third kappa shape index (κ3) is 3.10. The first-order valence-electron chi connectivity index (χ1n) is 14.7. The van der Waals surface area contributed by atoms with E-state index in [0.29, 0.717) is 21.7 Å². The zero-order valence-corrected chi connectivity index (χ0v) is 25.2. The topological polar surface area (TPSA) is 0 Å². The molecule has 0 nitrogen and oxygen atoms in total. The minimum atomic E-state index is 0.443. The molecule has 8 aliphatic rings. The Morgan fingerprint density at radius 3 is 1.25 bits per heavy atom. The molecule has 4 atom stereocenters. The third-order valence-corrected chi connectivity index (χ3v) is 13.8. The van der Waals surface area contributed by atoms with Gasteiger partial charge in [-0.2, -0.15) is 0 Å². The summed E-state index contributed by atoms with van der Waals surface area (Å²) in [6, 6.07) is 14.5. The van der Waals surface area contributed by atoms with E-state index in [1.54, 1.807) is 36.8 Å². The molecule has 8 fully saturated rings. The first-order chi connectivity index (χ1) is 17.2. The van der Waals surface area contributed by atoms with E-state index >= 15 is 0 Å². The van der Waals surface area contributed by atoms with Gasteiger partial charge in [-0.05, 0) is 183 Å². The predicted molar refractivity (Wildman–Crippen MR) is 155 cm³/mol. The van der Waals surface area contributed by atoms with Gasteiger partial charge in [0.2, 0.25) is 0 Å². The average Bonchev–Trinajstić information content (AvgIpc) is 2.77. The second-order valence-electron chi connectivity index (χ2n) is 15.0.